The van der Waals surface area contributed by atoms with E-state index in [2.05, 4.69) is 9.72 Å². The fraction of sp³-hybridized carbons (Fsp3) is 0.104. The number of hydrogen-bond donors (Lipinski definition) is 2. The zero-order valence-electron chi connectivity index (χ0n) is 32.1. The van der Waals surface area contributed by atoms with E-state index in [1.165, 1.54) is 11.7 Å². The summed E-state index contributed by atoms with van der Waals surface area (Å²) in [6.07, 6.45) is 1.94. The molecule has 0 bridgehead atoms. The number of nitrogen functional groups attached to an aromatic ring is 1. The molecule has 1 aliphatic rings. The van der Waals surface area contributed by atoms with E-state index in [9.17, 15) is 19.2 Å². The van der Waals surface area contributed by atoms with Crippen molar-refractivity contribution in [3.05, 3.63) is 203 Å². The normalized spacial score (nSPS) is 14.1. The molecule has 10 nitrogen and oxygen atoms in total. The van der Waals surface area contributed by atoms with Crippen molar-refractivity contribution in [3.8, 4) is 33.4 Å². The Morgan fingerprint density at radius 3 is 1.42 bits per heavy atom. The molecule has 0 saturated carbocycles. The molecule has 1 fully saturated rings. The number of methoxy groups -OCH3 is 1. The quantitative estimate of drug-likeness (QED) is 0.142. The van der Waals surface area contributed by atoms with Crippen LogP contribution in [0, 0.1) is 0 Å². The molecule has 1 saturated heterocycles. The predicted octanol–water partition coefficient (Wildman–Crippen LogP) is 9.55. The molecule has 0 aliphatic carbocycles. The van der Waals surface area contributed by atoms with Crippen molar-refractivity contribution in [3.63, 3.8) is 0 Å². The number of aromatic nitrogens is 2. The second kappa shape index (κ2) is 20.3. The summed E-state index contributed by atoms with van der Waals surface area (Å²) in [7, 11) is 1.38. The largest absolute Gasteiger partial charge is 0.478 e. The highest BCUT2D eigenvalue weighted by atomic mass is 32.2. The van der Waals surface area contributed by atoms with Crippen LogP contribution in [0.25, 0.3) is 33.4 Å². The van der Waals surface area contributed by atoms with Gasteiger partial charge in [0.05, 0.1) is 29.2 Å². The molecule has 7 aromatic rings. The first-order valence-electron chi connectivity index (χ1n) is 18.6. The average Bonchev–Trinajstić information content (AvgIpc) is 3.75. The van der Waals surface area contributed by atoms with Crippen LogP contribution in [0.15, 0.2) is 181 Å². The Hall–Kier alpha value is -7.24. The number of benzene rings is 6. The highest BCUT2D eigenvalue weighted by molar-refractivity contribution is 7.99. The van der Waals surface area contributed by atoms with Crippen LogP contribution in [-0.2, 0) is 9.47 Å². The minimum absolute atomic E-state index is 0.112. The number of nitrogens with two attached hydrogens (primary N) is 1. The molecule has 0 spiro atoms. The molecule has 2 atom stereocenters. The number of aromatic carboxylic acids is 1. The highest BCUT2D eigenvalue weighted by Crippen LogP contribution is 2.37. The predicted molar refractivity (Wildman–Crippen MR) is 232 cm³/mol. The number of carbonyl (C=O) groups excluding carboxylic acids is 2. The zero-order valence-corrected chi connectivity index (χ0v) is 32.9. The van der Waals surface area contributed by atoms with E-state index in [-0.39, 0.29) is 34.9 Å². The van der Waals surface area contributed by atoms with Crippen LogP contribution in [0.4, 0.5) is 5.82 Å². The summed E-state index contributed by atoms with van der Waals surface area (Å²) < 4.78 is 11.8. The fourth-order valence-corrected chi connectivity index (χ4v) is 7.44. The molecule has 296 valence electrons. The topological polar surface area (TPSA) is 151 Å². The number of hydrogen-bond acceptors (Lipinski definition) is 9. The van der Waals surface area contributed by atoms with Crippen LogP contribution in [0.1, 0.15) is 42.9 Å². The number of rotatable bonds is 8. The van der Waals surface area contributed by atoms with Crippen molar-refractivity contribution < 1.29 is 29.0 Å². The number of esters is 2. The third-order valence-electron chi connectivity index (χ3n) is 9.25. The van der Waals surface area contributed by atoms with Gasteiger partial charge in [0, 0.05) is 18.4 Å². The third-order valence-corrected chi connectivity index (χ3v) is 10.6. The SMILES string of the molecule is COC(=O)c1ccc(-c2ccccc2)cc1.Nc1ccn(C2CC(OC(=O)c3ccc(-c4ccccc4)cc3)CS2)c(=O)n1.O=C(O)c1ccc(-c2ccccc2)cc1. The van der Waals surface area contributed by atoms with Gasteiger partial charge in [-0.25, -0.2) is 19.2 Å². The summed E-state index contributed by atoms with van der Waals surface area (Å²) in [5, 5.41) is 8.63. The lowest BCUT2D eigenvalue weighted by Crippen LogP contribution is -2.26. The molecule has 8 rings (SSSR count). The number of carboxylic acids is 1. The van der Waals surface area contributed by atoms with Gasteiger partial charge in [-0.15, -0.1) is 11.8 Å². The van der Waals surface area contributed by atoms with E-state index in [1.807, 2.05) is 127 Å². The van der Waals surface area contributed by atoms with E-state index in [4.69, 9.17) is 15.6 Å². The Kier molecular flexibility index (Phi) is 14.2. The van der Waals surface area contributed by atoms with Crippen molar-refractivity contribution in [1.82, 2.24) is 9.55 Å². The molecule has 3 N–H and O–H groups in total. The van der Waals surface area contributed by atoms with Gasteiger partial charge >= 0.3 is 23.6 Å². The van der Waals surface area contributed by atoms with Crippen molar-refractivity contribution in [2.24, 2.45) is 0 Å². The third kappa shape index (κ3) is 11.4. The van der Waals surface area contributed by atoms with Crippen LogP contribution < -0.4 is 11.4 Å². The maximum Gasteiger partial charge on any atom is 0.350 e. The summed E-state index contributed by atoms with van der Waals surface area (Å²) in [6.45, 7) is 0. The first-order chi connectivity index (χ1) is 28.7. The Morgan fingerprint density at radius 1 is 0.610 bits per heavy atom. The van der Waals surface area contributed by atoms with Gasteiger partial charge in [0.1, 0.15) is 11.9 Å². The summed E-state index contributed by atoms with van der Waals surface area (Å²) in [6, 6.07) is 53.1. The maximum absolute atomic E-state index is 12.5. The van der Waals surface area contributed by atoms with Crippen molar-refractivity contribution in [2.75, 3.05) is 18.6 Å². The van der Waals surface area contributed by atoms with Crippen molar-refractivity contribution in [2.45, 2.75) is 17.9 Å². The summed E-state index contributed by atoms with van der Waals surface area (Å²) in [5.41, 5.74) is 13.0. The number of carboxylic acid groups (broad SMARTS) is 1. The minimum Gasteiger partial charge on any atom is -0.478 e. The molecule has 0 radical (unpaired) electrons. The van der Waals surface area contributed by atoms with Gasteiger partial charge in [-0.05, 0) is 75.8 Å². The molecule has 0 amide bonds. The van der Waals surface area contributed by atoms with Crippen LogP contribution in [0.3, 0.4) is 0 Å². The van der Waals surface area contributed by atoms with Gasteiger partial charge in [-0.3, -0.25) is 4.57 Å². The lowest BCUT2D eigenvalue weighted by Gasteiger charge is -2.14. The molecule has 11 heteroatoms. The van der Waals surface area contributed by atoms with Crippen molar-refractivity contribution >= 4 is 35.5 Å². The minimum atomic E-state index is -0.894. The number of thioether (sulfide) groups is 1. The number of carbonyl (C=O) groups is 3. The molecule has 2 unspecified atom stereocenters. The maximum atomic E-state index is 12.5. The van der Waals surface area contributed by atoms with E-state index in [1.54, 1.807) is 60.4 Å². The van der Waals surface area contributed by atoms with E-state index in [0.29, 0.717) is 28.9 Å². The average molecular weight is 804 g/mol. The lowest BCUT2D eigenvalue weighted by atomic mass is 10.0. The van der Waals surface area contributed by atoms with Crippen LogP contribution in [0.2, 0.25) is 0 Å². The standard InChI is InChI=1S/C21H19N3O3S.C14H12O2.C13H10O2/c22-18-10-11-24(21(26)23-18)19-12-17(13-28-19)27-20(25)16-8-6-15(7-9-16)14-4-2-1-3-5-14;1-16-14(15)13-9-7-12(8-10-13)11-5-3-2-4-6-11;14-13(15)12-8-6-11(7-9-12)10-4-2-1-3-5-10/h1-11,17,19H,12-13H2,(H2,22,23,26);2-10H,1H3;1-9H,(H,14,15). The van der Waals surface area contributed by atoms with Crippen LogP contribution >= 0.6 is 11.8 Å². The van der Waals surface area contributed by atoms with Gasteiger partial charge in [0.2, 0.25) is 0 Å². The highest BCUT2D eigenvalue weighted by Gasteiger charge is 2.30. The molecule has 59 heavy (non-hydrogen) atoms. The lowest BCUT2D eigenvalue weighted by molar-refractivity contribution is 0.0339. The molecular weight excluding hydrogens is 763 g/mol. The molecular formula is C48H41N3O7S. The second-order valence-corrected chi connectivity index (χ2v) is 14.4. The second-order valence-electron chi connectivity index (χ2n) is 13.2. The first kappa shape index (κ1) is 41.4. The van der Waals surface area contributed by atoms with E-state index in [0.717, 1.165) is 33.4 Å². The Morgan fingerprint density at radius 2 is 1.02 bits per heavy atom. The summed E-state index contributed by atoms with van der Waals surface area (Å²) in [4.78, 5) is 50.1. The molecule has 1 aliphatic heterocycles. The van der Waals surface area contributed by atoms with Gasteiger partial charge in [-0.2, -0.15) is 4.98 Å². The first-order valence-corrected chi connectivity index (χ1v) is 19.7. The zero-order chi connectivity index (χ0) is 41.6. The Bertz CT molecular complexity index is 2510. The van der Waals surface area contributed by atoms with Gasteiger partial charge in [-0.1, -0.05) is 127 Å². The van der Waals surface area contributed by atoms with Gasteiger partial charge in [0.15, 0.2) is 0 Å². The van der Waals surface area contributed by atoms with Crippen LogP contribution in [-0.4, -0.2) is 51.5 Å². The monoisotopic (exact) mass is 803 g/mol. The molecule has 2 heterocycles. The van der Waals surface area contributed by atoms with Crippen molar-refractivity contribution in [1.29, 1.82) is 0 Å². The summed E-state index contributed by atoms with van der Waals surface area (Å²) in [5.74, 6) is -0.718. The fourth-order valence-electron chi connectivity index (χ4n) is 6.13. The molecule has 1 aromatic heterocycles. The Balaban J connectivity index is 0.000000161. The van der Waals surface area contributed by atoms with Crippen LogP contribution in [0.5, 0.6) is 0 Å². The van der Waals surface area contributed by atoms with E-state index >= 15 is 0 Å². The Labute approximate surface area is 345 Å². The van der Waals surface area contributed by atoms with Gasteiger partial charge in [0.25, 0.3) is 0 Å². The number of ether oxygens (including phenoxy) is 2. The van der Waals surface area contributed by atoms with Gasteiger partial charge < -0.3 is 20.3 Å². The smallest absolute Gasteiger partial charge is 0.350 e. The van der Waals surface area contributed by atoms with E-state index < -0.39 is 5.97 Å². The molecule has 6 aromatic carbocycles. The number of nitrogens with zero attached hydrogens (tertiary/aromatic N) is 2. The number of anilines is 1. The summed E-state index contributed by atoms with van der Waals surface area (Å²) >= 11 is 1.57.